The van der Waals surface area contributed by atoms with Crippen LogP contribution in [0.4, 0.5) is 5.82 Å². The lowest BCUT2D eigenvalue weighted by Gasteiger charge is -2.20. The normalized spacial score (nSPS) is 12.7. The second-order valence-corrected chi connectivity index (χ2v) is 4.94. The number of anilines is 1. The monoisotopic (exact) mass is 259 g/mol. The first-order chi connectivity index (χ1) is 9.11. The van der Waals surface area contributed by atoms with Crippen LogP contribution < -0.4 is 10.1 Å². The van der Waals surface area contributed by atoms with E-state index in [2.05, 4.69) is 42.3 Å². The number of pyridine rings is 1. The smallest absolute Gasteiger partial charge is 0.134 e. The van der Waals surface area contributed by atoms with E-state index < -0.39 is 0 Å². The van der Waals surface area contributed by atoms with E-state index in [9.17, 15) is 0 Å². The molecule has 2 rings (SSSR count). The van der Waals surface area contributed by atoms with Gasteiger partial charge in [0.15, 0.2) is 0 Å². The van der Waals surface area contributed by atoms with Crippen molar-refractivity contribution in [2.45, 2.75) is 13.0 Å². The number of benzene rings is 1. The minimum absolute atomic E-state index is 0.447. The lowest BCUT2D eigenvalue weighted by Crippen LogP contribution is -2.31. The van der Waals surface area contributed by atoms with Crippen LogP contribution in [0.2, 0.25) is 0 Å². The number of nitrogens with zero attached hydrogens (tertiary/aromatic N) is 2. The molecule has 1 aromatic heterocycles. The summed E-state index contributed by atoms with van der Waals surface area (Å²) in [6, 6.07) is 8.49. The number of methoxy groups -OCH3 is 1. The van der Waals surface area contributed by atoms with Gasteiger partial charge in [0.05, 0.1) is 7.11 Å². The summed E-state index contributed by atoms with van der Waals surface area (Å²) >= 11 is 0. The Morgan fingerprint density at radius 2 is 2.11 bits per heavy atom. The summed E-state index contributed by atoms with van der Waals surface area (Å²) in [5.74, 6) is 1.76. The Morgan fingerprint density at radius 3 is 2.79 bits per heavy atom. The molecule has 0 amide bonds. The van der Waals surface area contributed by atoms with Crippen LogP contribution in [0.15, 0.2) is 30.5 Å². The van der Waals surface area contributed by atoms with Crippen LogP contribution in [0, 0.1) is 0 Å². The molecule has 19 heavy (non-hydrogen) atoms. The highest BCUT2D eigenvalue weighted by atomic mass is 16.5. The third-order valence-corrected chi connectivity index (χ3v) is 3.42. The van der Waals surface area contributed by atoms with Gasteiger partial charge in [-0.15, -0.1) is 0 Å². The van der Waals surface area contributed by atoms with E-state index in [1.807, 2.05) is 24.4 Å². The maximum Gasteiger partial charge on any atom is 0.134 e. The molecule has 0 fully saturated rings. The lowest BCUT2D eigenvalue weighted by atomic mass is 10.1. The molecule has 0 radical (unpaired) electrons. The minimum atomic E-state index is 0.447. The Labute approximate surface area is 114 Å². The molecule has 1 atom stereocenters. The molecule has 0 saturated carbocycles. The van der Waals surface area contributed by atoms with E-state index in [1.165, 1.54) is 0 Å². The van der Waals surface area contributed by atoms with Gasteiger partial charge in [-0.2, -0.15) is 0 Å². The molecule has 4 heteroatoms. The first-order valence-electron chi connectivity index (χ1n) is 6.45. The Kier molecular flexibility index (Phi) is 4.22. The van der Waals surface area contributed by atoms with Gasteiger partial charge in [0, 0.05) is 24.2 Å². The number of hydrogen-bond acceptors (Lipinski definition) is 4. The lowest BCUT2D eigenvalue weighted by molar-refractivity contribution is 0.326. The van der Waals surface area contributed by atoms with Crippen molar-refractivity contribution in [1.29, 1.82) is 0 Å². The van der Waals surface area contributed by atoms with Crippen LogP contribution in [0.1, 0.15) is 6.92 Å². The van der Waals surface area contributed by atoms with Gasteiger partial charge in [-0.25, -0.2) is 4.98 Å². The molecular formula is C15H21N3O. The molecular weight excluding hydrogens is 238 g/mol. The molecule has 1 aromatic carbocycles. The topological polar surface area (TPSA) is 37.4 Å². The van der Waals surface area contributed by atoms with E-state index in [0.717, 1.165) is 28.9 Å². The average Bonchev–Trinajstić information content (AvgIpc) is 2.43. The first-order valence-corrected chi connectivity index (χ1v) is 6.45. The van der Waals surface area contributed by atoms with Crippen molar-refractivity contribution in [1.82, 2.24) is 9.88 Å². The predicted molar refractivity (Wildman–Crippen MR) is 79.9 cm³/mol. The summed E-state index contributed by atoms with van der Waals surface area (Å²) in [5, 5.41) is 5.67. The van der Waals surface area contributed by atoms with Gasteiger partial charge in [0.1, 0.15) is 11.6 Å². The molecule has 2 aromatic rings. The second kappa shape index (κ2) is 5.89. The van der Waals surface area contributed by atoms with Crippen molar-refractivity contribution in [3.63, 3.8) is 0 Å². The van der Waals surface area contributed by atoms with E-state index in [0.29, 0.717) is 6.04 Å². The summed E-state index contributed by atoms with van der Waals surface area (Å²) in [6.07, 6.45) is 1.83. The third kappa shape index (κ3) is 3.15. The molecule has 4 nitrogen and oxygen atoms in total. The van der Waals surface area contributed by atoms with Crippen LogP contribution in [0.25, 0.3) is 10.8 Å². The maximum absolute atomic E-state index is 5.28. The number of fused-ring (bicyclic) bond motifs is 1. The highest BCUT2D eigenvalue weighted by Gasteiger charge is 2.07. The summed E-state index contributed by atoms with van der Waals surface area (Å²) in [5.41, 5.74) is 0. The van der Waals surface area contributed by atoms with E-state index in [1.54, 1.807) is 7.11 Å². The van der Waals surface area contributed by atoms with E-state index in [-0.39, 0.29) is 0 Å². The van der Waals surface area contributed by atoms with Gasteiger partial charge in [-0.05, 0) is 44.6 Å². The van der Waals surface area contributed by atoms with Crippen LogP contribution in [-0.2, 0) is 0 Å². The zero-order valence-electron chi connectivity index (χ0n) is 12.0. The van der Waals surface area contributed by atoms with Gasteiger partial charge in [-0.1, -0.05) is 6.07 Å². The van der Waals surface area contributed by atoms with Crippen molar-refractivity contribution in [3.8, 4) is 5.75 Å². The fraction of sp³-hybridized carbons (Fsp3) is 0.400. The zero-order valence-corrected chi connectivity index (χ0v) is 12.0. The van der Waals surface area contributed by atoms with Crippen molar-refractivity contribution in [2.75, 3.05) is 33.1 Å². The number of nitrogens with one attached hydrogen (secondary N) is 1. The summed E-state index contributed by atoms with van der Waals surface area (Å²) < 4.78 is 5.28. The van der Waals surface area contributed by atoms with Crippen molar-refractivity contribution < 1.29 is 4.74 Å². The van der Waals surface area contributed by atoms with Crippen LogP contribution in [-0.4, -0.2) is 43.7 Å². The van der Waals surface area contributed by atoms with Gasteiger partial charge < -0.3 is 15.0 Å². The SMILES string of the molecule is COc1ccc2ccnc(NCC(C)N(C)C)c2c1. The minimum Gasteiger partial charge on any atom is -0.497 e. The molecule has 1 unspecified atom stereocenters. The summed E-state index contributed by atoms with van der Waals surface area (Å²) in [7, 11) is 5.83. The quantitative estimate of drug-likeness (QED) is 0.895. The largest absolute Gasteiger partial charge is 0.497 e. The highest BCUT2D eigenvalue weighted by Crippen LogP contribution is 2.25. The molecule has 0 aliphatic rings. The Morgan fingerprint density at radius 1 is 1.32 bits per heavy atom. The number of hydrogen-bond donors (Lipinski definition) is 1. The van der Waals surface area contributed by atoms with E-state index >= 15 is 0 Å². The Balaban J connectivity index is 2.27. The molecule has 0 bridgehead atoms. The molecule has 0 spiro atoms. The van der Waals surface area contributed by atoms with E-state index in [4.69, 9.17) is 4.74 Å². The standard InChI is InChI=1S/C15H21N3O/c1-11(18(2)3)10-17-15-14-9-13(19-4)6-5-12(14)7-8-16-15/h5-9,11H,10H2,1-4H3,(H,16,17). The maximum atomic E-state index is 5.28. The van der Waals surface area contributed by atoms with Crippen LogP contribution in [0.3, 0.4) is 0 Å². The van der Waals surface area contributed by atoms with Gasteiger partial charge in [-0.3, -0.25) is 0 Å². The predicted octanol–water partition coefficient (Wildman–Crippen LogP) is 2.61. The summed E-state index contributed by atoms with van der Waals surface area (Å²) in [6.45, 7) is 3.04. The highest BCUT2D eigenvalue weighted by molar-refractivity contribution is 5.92. The van der Waals surface area contributed by atoms with Crippen LogP contribution >= 0.6 is 0 Å². The number of rotatable bonds is 5. The molecule has 102 valence electrons. The van der Waals surface area contributed by atoms with Crippen molar-refractivity contribution in [3.05, 3.63) is 30.5 Å². The first kappa shape index (κ1) is 13.6. The number of likely N-dealkylation sites (N-methyl/N-ethyl adjacent to an activating group) is 1. The molecule has 0 aliphatic carbocycles. The zero-order chi connectivity index (χ0) is 13.8. The molecule has 1 N–H and O–H groups in total. The fourth-order valence-electron chi connectivity index (χ4n) is 1.84. The molecule has 1 heterocycles. The Bertz CT molecular complexity index is 554. The molecule has 0 aliphatic heterocycles. The summed E-state index contributed by atoms with van der Waals surface area (Å²) in [4.78, 5) is 6.61. The Hall–Kier alpha value is -1.81. The van der Waals surface area contributed by atoms with Crippen LogP contribution in [0.5, 0.6) is 5.75 Å². The number of ether oxygens (including phenoxy) is 1. The van der Waals surface area contributed by atoms with Crippen molar-refractivity contribution >= 4 is 16.6 Å². The third-order valence-electron chi connectivity index (χ3n) is 3.42. The van der Waals surface area contributed by atoms with Gasteiger partial charge in [0.25, 0.3) is 0 Å². The average molecular weight is 259 g/mol. The molecule has 0 saturated heterocycles. The van der Waals surface area contributed by atoms with Gasteiger partial charge >= 0.3 is 0 Å². The fourth-order valence-corrected chi connectivity index (χ4v) is 1.84. The number of aromatic nitrogens is 1. The van der Waals surface area contributed by atoms with Crippen molar-refractivity contribution in [2.24, 2.45) is 0 Å². The van der Waals surface area contributed by atoms with Gasteiger partial charge in [0.2, 0.25) is 0 Å². The second-order valence-electron chi connectivity index (χ2n) is 4.94.